The molecule has 0 amide bonds. The van der Waals surface area contributed by atoms with Crippen molar-refractivity contribution in [3.63, 3.8) is 0 Å². The van der Waals surface area contributed by atoms with Crippen molar-refractivity contribution in [2.24, 2.45) is 11.7 Å². The molecule has 15 heavy (non-hydrogen) atoms. The van der Waals surface area contributed by atoms with E-state index < -0.39 is 5.60 Å². The van der Waals surface area contributed by atoms with Crippen LogP contribution in [0.4, 0.5) is 0 Å². The Morgan fingerprint density at radius 2 is 2.40 bits per heavy atom. The molecule has 4 heteroatoms. The summed E-state index contributed by atoms with van der Waals surface area (Å²) in [6.45, 7) is 3.27. The SMILES string of the molecule is CCCn1ccnc1C(O)(CN)C1CC1. The average Bonchev–Trinajstić information content (AvgIpc) is 3.00. The molecule has 0 spiro atoms. The molecule has 84 valence electrons. The molecule has 1 fully saturated rings. The Hall–Kier alpha value is -0.870. The second-order valence-electron chi connectivity index (χ2n) is 4.35. The number of aryl methyl sites for hydroxylation is 1. The third kappa shape index (κ3) is 1.79. The number of nitrogens with two attached hydrogens (primary N) is 1. The summed E-state index contributed by atoms with van der Waals surface area (Å²) < 4.78 is 2.02. The fraction of sp³-hybridized carbons (Fsp3) is 0.727. The highest BCUT2D eigenvalue weighted by molar-refractivity contribution is 5.11. The molecule has 0 aliphatic heterocycles. The lowest BCUT2D eigenvalue weighted by Crippen LogP contribution is -2.39. The predicted octanol–water partition coefficient (Wildman–Crippen LogP) is 0.849. The first-order chi connectivity index (χ1) is 7.22. The second-order valence-corrected chi connectivity index (χ2v) is 4.35. The number of nitrogens with zero attached hydrogens (tertiary/aromatic N) is 2. The second kappa shape index (κ2) is 3.94. The smallest absolute Gasteiger partial charge is 0.142 e. The molecule has 1 aliphatic carbocycles. The standard InChI is InChI=1S/C11H19N3O/c1-2-6-14-7-5-13-10(14)11(15,8-12)9-3-4-9/h5,7,9,15H,2-4,6,8,12H2,1H3. The van der Waals surface area contributed by atoms with E-state index in [-0.39, 0.29) is 6.54 Å². The van der Waals surface area contributed by atoms with Gasteiger partial charge < -0.3 is 15.4 Å². The number of imidazole rings is 1. The third-order valence-electron chi connectivity index (χ3n) is 3.13. The van der Waals surface area contributed by atoms with Crippen molar-refractivity contribution in [1.82, 2.24) is 9.55 Å². The normalized spacial score (nSPS) is 20.2. The van der Waals surface area contributed by atoms with Crippen LogP contribution in [-0.4, -0.2) is 21.2 Å². The Morgan fingerprint density at radius 3 is 2.93 bits per heavy atom. The van der Waals surface area contributed by atoms with Crippen LogP contribution in [-0.2, 0) is 12.1 Å². The van der Waals surface area contributed by atoms with Crippen molar-refractivity contribution in [3.8, 4) is 0 Å². The van der Waals surface area contributed by atoms with Crippen LogP contribution in [0.25, 0.3) is 0 Å². The summed E-state index contributed by atoms with van der Waals surface area (Å²) in [5, 5.41) is 10.5. The van der Waals surface area contributed by atoms with Crippen LogP contribution in [0.5, 0.6) is 0 Å². The highest BCUT2D eigenvalue weighted by Crippen LogP contribution is 2.44. The zero-order valence-electron chi connectivity index (χ0n) is 9.19. The van der Waals surface area contributed by atoms with Gasteiger partial charge in [0.25, 0.3) is 0 Å². The fourth-order valence-electron chi connectivity index (χ4n) is 2.11. The average molecular weight is 209 g/mol. The Labute approximate surface area is 90.1 Å². The molecule has 4 nitrogen and oxygen atoms in total. The van der Waals surface area contributed by atoms with E-state index in [0.29, 0.717) is 5.92 Å². The van der Waals surface area contributed by atoms with E-state index in [9.17, 15) is 5.11 Å². The first kappa shape index (κ1) is 10.6. The highest BCUT2D eigenvalue weighted by Gasteiger charge is 2.46. The molecule has 0 radical (unpaired) electrons. The van der Waals surface area contributed by atoms with E-state index in [4.69, 9.17) is 5.73 Å². The molecule has 3 N–H and O–H groups in total. The lowest BCUT2D eigenvalue weighted by Gasteiger charge is -2.26. The van der Waals surface area contributed by atoms with Gasteiger partial charge in [-0.05, 0) is 25.2 Å². The zero-order valence-corrected chi connectivity index (χ0v) is 9.19. The Morgan fingerprint density at radius 1 is 1.67 bits per heavy atom. The van der Waals surface area contributed by atoms with Crippen molar-refractivity contribution in [2.45, 2.75) is 38.3 Å². The van der Waals surface area contributed by atoms with E-state index in [1.54, 1.807) is 6.20 Å². The zero-order chi connectivity index (χ0) is 10.9. The van der Waals surface area contributed by atoms with E-state index in [0.717, 1.165) is 31.6 Å². The first-order valence-electron chi connectivity index (χ1n) is 5.66. The highest BCUT2D eigenvalue weighted by atomic mass is 16.3. The quantitative estimate of drug-likeness (QED) is 0.755. The number of hydrogen-bond donors (Lipinski definition) is 2. The van der Waals surface area contributed by atoms with Crippen molar-refractivity contribution < 1.29 is 5.11 Å². The summed E-state index contributed by atoms with van der Waals surface area (Å²) in [6.07, 6.45) is 6.82. The minimum Gasteiger partial charge on any atom is -0.380 e. The van der Waals surface area contributed by atoms with E-state index in [1.165, 1.54) is 0 Å². The van der Waals surface area contributed by atoms with Crippen LogP contribution in [0.15, 0.2) is 12.4 Å². The van der Waals surface area contributed by atoms with E-state index in [1.807, 2.05) is 10.8 Å². The number of rotatable bonds is 5. The van der Waals surface area contributed by atoms with Crippen LogP contribution in [0.2, 0.25) is 0 Å². The van der Waals surface area contributed by atoms with Gasteiger partial charge in [0, 0.05) is 25.5 Å². The van der Waals surface area contributed by atoms with Crippen molar-refractivity contribution in [3.05, 3.63) is 18.2 Å². The van der Waals surface area contributed by atoms with Crippen molar-refractivity contribution >= 4 is 0 Å². The molecule has 1 heterocycles. The van der Waals surface area contributed by atoms with Gasteiger partial charge in [-0.1, -0.05) is 6.92 Å². The summed E-state index contributed by atoms with van der Waals surface area (Å²) >= 11 is 0. The van der Waals surface area contributed by atoms with E-state index in [2.05, 4.69) is 11.9 Å². The van der Waals surface area contributed by atoms with Crippen LogP contribution in [0.1, 0.15) is 32.0 Å². The molecule has 1 saturated carbocycles. The summed E-state index contributed by atoms with van der Waals surface area (Å²) in [6, 6.07) is 0. The molecule has 0 saturated heterocycles. The number of hydrogen-bond acceptors (Lipinski definition) is 3. The molecule has 2 rings (SSSR count). The molecule has 0 bridgehead atoms. The summed E-state index contributed by atoms with van der Waals surface area (Å²) in [7, 11) is 0. The largest absolute Gasteiger partial charge is 0.380 e. The van der Waals surface area contributed by atoms with Gasteiger partial charge in [0.2, 0.25) is 0 Å². The molecule has 0 aromatic carbocycles. The molecule has 1 unspecified atom stereocenters. The molecule has 1 aliphatic rings. The topological polar surface area (TPSA) is 64.1 Å². The van der Waals surface area contributed by atoms with Crippen LogP contribution in [0, 0.1) is 5.92 Å². The first-order valence-corrected chi connectivity index (χ1v) is 5.66. The van der Waals surface area contributed by atoms with Gasteiger partial charge in [0.15, 0.2) is 0 Å². The maximum Gasteiger partial charge on any atom is 0.142 e. The molecular weight excluding hydrogens is 190 g/mol. The molecule has 1 aromatic heterocycles. The number of aromatic nitrogens is 2. The van der Waals surface area contributed by atoms with Gasteiger partial charge in [-0.25, -0.2) is 4.98 Å². The maximum absolute atomic E-state index is 10.5. The minimum absolute atomic E-state index is 0.262. The lowest BCUT2D eigenvalue weighted by atomic mass is 9.97. The molecular formula is C11H19N3O. The summed E-state index contributed by atoms with van der Waals surface area (Å²) in [5.74, 6) is 1.05. The van der Waals surface area contributed by atoms with Gasteiger partial charge in [-0.2, -0.15) is 0 Å². The maximum atomic E-state index is 10.5. The molecule has 1 aromatic rings. The van der Waals surface area contributed by atoms with Crippen molar-refractivity contribution in [2.75, 3.05) is 6.54 Å². The summed E-state index contributed by atoms with van der Waals surface area (Å²) in [5.41, 5.74) is 4.80. The fourth-order valence-corrected chi connectivity index (χ4v) is 2.11. The van der Waals surface area contributed by atoms with Crippen molar-refractivity contribution in [1.29, 1.82) is 0 Å². The lowest BCUT2D eigenvalue weighted by molar-refractivity contribution is 0.00984. The van der Waals surface area contributed by atoms with Gasteiger partial charge in [0.1, 0.15) is 11.4 Å². The Kier molecular flexibility index (Phi) is 2.80. The van der Waals surface area contributed by atoms with Crippen LogP contribution < -0.4 is 5.73 Å². The minimum atomic E-state index is -0.904. The van der Waals surface area contributed by atoms with Crippen LogP contribution in [0.3, 0.4) is 0 Å². The van der Waals surface area contributed by atoms with Crippen LogP contribution >= 0.6 is 0 Å². The van der Waals surface area contributed by atoms with Gasteiger partial charge >= 0.3 is 0 Å². The number of aliphatic hydroxyl groups is 1. The Balaban J connectivity index is 2.28. The summed E-state index contributed by atoms with van der Waals surface area (Å²) in [4.78, 5) is 4.27. The van der Waals surface area contributed by atoms with Gasteiger partial charge in [-0.3, -0.25) is 0 Å². The van der Waals surface area contributed by atoms with Gasteiger partial charge in [-0.15, -0.1) is 0 Å². The molecule has 1 atom stereocenters. The monoisotopic (exact) mass is 209 g/mol. The van der Waals surface area contributed by atoms with E-state index >= 15 is 0 Å². The third-order valence-corrected chi connectivity index (χ3v) is 3.13. The predicted molar refractivity (Wildman–Crippen MR) is 58.2 cm³/mol. The Bertz CT molecular complexity index is 332. The van der Waals surface area contributed by atoms with Gasteiger partial charge in [0.05, 0.1) is 0 Å².